The molecule has 2 unspecified atom stereocenters. The van der Waals surface area contributed by atoms with Crippen LogP contribution in [0.5, 0.6) is 5.75 Å². The maximum atomic E-state index is 11.7. The van der Waals surface area contributed by atoms with Crippen molar-refractivity contribution in [2.24, 2.45) is 5.10 Å². The Morgan fingerprint density at radius 2 is 1.47 bits per heavy atom. The zero-order valence-corrected chi connectivity index (χ0v) is 17.6. The summed E-state index contributed by atoms with van der Waals surface area (Å²) in [6.07, 6.45) is 3.25. The molecule has 2 atom stereocenters. The highest BCUT2D eigenvalue weighted by Crippen LogP contribution is 2.27. The Labute approximate surface area is 177 Å². The first kappa shape index (κ1) is 20.1. The van der Waals surface area contributed by atoms with Crippen molar-refractivity contribution in [3.8, 4) is 5.75 Å². The van der Waals surface area contributed by atoms with Gasteiger partial charge in [-0.1, -0.05) is 6.92 Å². The van der Waals surface area contributed by atoms with E-state index in [1.165, 1.54) is 5.69 Å². The van der Waals surface area contributed by atoms with E-state index in [2.05, 4.69) is 53.0 Å². The van der Waals surface area contributed by atoms with Gasteiger partial charge in [0.05, 0.1) is 0 Å². The van der Waals surface area contributed by atoms with Crippen molar-refractivity contribution in [3.05, 3.63) is 48.5 Å². The second-order valence-corrected chi connectivity index (χ2v) is 7.83. The number of aromatic hydroxyl groups is 1. The van der Waals surface area contributed by atoms with Crippen LogP contribution in [-0.4, -0.2) is 61.1 Å². The fourth-order valence-electron chi connectivity index (χ4n) is 4.01. The summed E-state index contributed by atoms with van der Waals surface area (Å²) in [5.41, 5.74) is 3.29. The SMILES string of the molecule is CCC(C)N1N=CN(c2ccc(N3CCN(c4ccc(O)cc4)CC3)cc2)C1C=O. The van der Waals surface area contributed by atoms with E-state index in [4.69, 9.17) is 0 Å². The van der Waals surface area contributed by atoms with E-state index >= 15 is 0 Å². The number of benzene rings is 2. The fourth-order valence-corrected chi connectivity index (χ4v) is 4.01. The lowest BCUT2D eigenvalue weighted by Gasteiger charge is -2.37. The predicted octanol–water partition coefficient (Wildman–Crippen LogP) is 3.11. The minimum absolute atomic E-state index is 0.214. The standard InChI is InChI=1S/C23H29N5O2/c1-3-18(2)28-23(16-29)27(17-24-28)21-6-4-19(5-7-21)25-12-14-26(15-13-25)20-8-10-22(30)11-9-20/h4-11,16-18,23,30H,3,12-15H2,1-2H3. The van der Waals surface area contributed by atoms with Crippen molar-refractivity contribution in [2.45, 2.75) is 32.5 Å². The molecule has 2 aliphatic heterocycles. The first-order chi connectivity index (χ1) is 14.6. The van der Waals surface area contributed by atoms with Crippen LogP contribution in [0.2, 0.25) is 0 Å². The normalized spacial score (nSPS) is 20.0. The largest absolute Gasteiger partial charge is 0.508 e. The summed E-state index contributed by atoms with van der Waals surface area (Å²) >= 11 is 0. The molecular weight excluding hydrogens is 378 g/mol. The molecule has 0 saturated carbocycles. The van der Waals surface area contributed by atoms with Crippen LogP contribution in [0.1, 0.15) is 20.3 Å². The minimum Gasteiger partial charge on any atom is -0.508 e. The molecule has 7 heteroatoms. The van der Waals surface area contributed by atoms with Crippen LogP contribution in [0.4, 0.5) is 17.1 Å². The van der Waals surface area contributed by atoms with E-state index in [0.717, 1.165) is 50.3 Å². The number of rotatable bonds is 6. The molecule has 0 spiro atoms. The number of hydrazone groups is 1. The first-order valence-electron chi connectivity index (χ1n) is 10.6. The number of anilines is 3. The number of carbonyl (C=O) groups excluding carboxylic acids is 1. The van der Waals surface area contributed by atoms with Crippen LogP contribution in [0.25, 0.3) is 0 Å². The zero-order chi connectivity index (χ0) is 21.1. The van der Waals surface area contributed by atoms with Crippen molar-refractivity contribution in [3.63, 3.8) is 0 Å². The van der Waals surface area contributed by atoms with E-state index in [0.29, 0.717) is 5.75 Å². The number of nitrogens with zero attached hydrogens (tertiary/aromatic N) is 5. The number of aldehydes is 1. The molecule has 158 valence electrons. The van der Waals surface area contributed by atoms with Gasteiger partial charge in [-0.15, -0.1) is 0 Å². The Morgan fingerprint density at radius 1 is 0.967 bits per heavy atom. The molecule has 0 radical (unpaired) electrons. The number of hydrogen-bond donors (Lipinski definition) is 1. The van der Waals surface area contributed by atoms with Gasteiger partial charge in [0.25, 0.3) is 0 Å². The first-order valence-corrected chi connectivity index (χ1v) is 10.6. The molecule has 1 fully saturated rings. The van der Waals surface area contributed by atoms with Crippen molar-refractivity contribution in [1.29, 1.82) is 0 Å². The molecule has 0 bridgehead atoms. The molecule has 1 saturated heterocycles. The maximum Gasteiger partial charge on any atom is 0.180 e. The highest BCUT2D eigenvalue weighted by Gasteiger charge is 2.31. The lowest BCUT2D eigenvalue weighted by molar-refractivity contribution is -0.112. The van der Waals surface area contributed by atoms with Gasteiger partial charge in [-0.3, -0.25) is 9.80 Å². The molecule has 0 amide bonds. The van der Waals surface area contributed by atoms with E-state index in [1.807, 2.05) is 22.0 Å². The second kappa shape index (κ2) is 8.65. The molecule has 30 heavy (non-hydrogen) atoms. The monoisotopic (exact) mass is 407 g/mol. The van der Waals surface area contributed by atoms with E-state index < -0.39 is 0 Å². The highest BCUT2D eigenvalue weighted by molar-refractivity contribution is 5.88. The second-order valence-electron chi connectivity index (χ2n) is 7.83. The third kappa shape index (κ3) is 3.92. The van der Waals surface area contributed by atoms with E-state index in [-0.39, 0.29) is 12.2 Å². The Bertz CT molecular complexity index is 875. The molecule has 1 N–H and O–H groups in total. The quantitative estimate of drug-likeness (QED) is 0.743. The van der Waals surface area contributed by atoms with Crippen molar-refractivity contribution in [2.75, 3.05) is 40.9 Å². The number of phenols is 1. The van der Waals surface area contributed by atoms with E-state index in [1.54, 1.807) is 18.5 Å². The van der Waals surface area contributed by atoms with Gasteiger partial charge in [0, 0.05) is 49.3 Å². The summed E-state index contributed by atoms with van der Waals surface area (Å²) in [4.78, 5) is 18.3. The van der Waals surface area contributed by atoms with Crippen LogP contribution in [0, 0.1) is 0 Å². The molecule has 0 aliphatic carbocycles. The average Bonchev–Trinajstić information content (AvgIpc) is 3.23. The molecule has 2 heterocycles. The Hall–Kier alpha value is -3.22. The number of hydrogen-bond acceptors (Lipinski definition) is 7. The molecule has 0 aromatic heterocycles. The van der Waals surface area contributed by atoms with Crippen molar-refractivity contribution < 1.29 is 9.90 Å². The van der Waals surface area contributed by atoms with Crippen LogP contribution >= 0.6 is 0 Å². The number of phenolic OH excluding ortho intramolecular Hbond substituents is 1. The van der Waals surface area contributed by atoms with Gasteiger partial charge in [0.15, 0.2) is 12.5 Å². The van der Waals surface area contributed by atoms with Gasteiger partial charge in [0.1, 0.15) is 12.1 Å². The maximum absolute atomic E-state index is 11.7. The molecule has 2 aromatic carbocycles. The van der Waals surface area contributed by atoms with Gasteiger partial charge in [0.2, 0.25) is 0 Å². The van der Waals surface area contributed by atoms with Crippen LogP contribution in [0.15, 0.2) is 53.6 Å². The summed E-state index contributed by atoms with van der Waals surface area (Å²) in [6.45, 7) is 7.91. The summed E-state index contributed by atoms with van der Waals surface area (Å²) in [5.74, 6) is 0.296. The lowest BCUT2D eigenvalue weighted by atomic mass is 10.2. The molecular formula is C23H29N5O2. The third-order valence-corrected chi connectivity index (χ3v) is 6.04. The average molecular weight is 408 g/mol. The third-order valence-electron chi connectivity index (χ3n) is 6.04. The Morgan fingerprint density at radius 3 is 1.97 bits per heavy atom. The number of carbonyl (C=O) groups is 1. The van der Waals surface area contributed by atoms with Crippen LogP contribution in [0.3, 0.4) is 0 Å². The predicted molar refractivity (Wildman–Crippen MR) is 121 cm³/mol. The smallest absolute Gasteiger partial charge is 0.180 e. The van der Waals surface area contributed by atoms with Gasteiger partial charge in [-0.05, 0) is 61.9 Å². The molecule has 2 aliphatic rings. The van der Waals surface area contributed by atoms with Crippen LogP contribution < -0.4 is 14.7 Å². The fraction of sp³-hybridized carbons (Fsp3) is 0.391. The summed E-state index contributed by atoms with van der Waals surface area (Å²) in [7, 11) is 0. The van der Waals surface area contributed by atoms with Gasteiger partial charge < -0.3 is 19.8 Å². The highest BCUT2D eigenvalue weighted by atomic mass is 16.3. The summed E-state index contributed by atoms with van der Waals surface area (Å²) in [6, 6.07) is 16.0. The molecule has 4 rings (SSSR count). The van der Waals surface area contributed by atoms with Gasteiger partial charge in [-0.25, -0.2) is 0 Å². The van der Waals surface area contributed by atoms with Crippen LogP contribution in [-0.2, 0) is 4.79 Å². The number of piperazine rings is 1. The van der Waals surface area contributed by atoms with Crippen molar-refractivity contribution >= 4 is 29.7 Å². The van der Waals surface area contributed by atoms with Gasteiger partial charge >= 0.3 is 0 Å². The lowest BCUT2D eigenvalue weighted by Crippen LogP contribution is -2.46. The Balaban J connectivity index is 1.39. The zero-order valence-electron chi connectivity index (χ0n) is 17.6. The topological polar surface area (TPSA) is 62.6 Å². The molecule has 2 aromatic rings. The van der Waals surface area contributed by atoms with E-state index in [9.17, 15) is 9.90 Å². The van der Waals surface area contributed by atoms with Gasteiger partial charge in [-0.2, -0.15) is 5.10 Å². The Kier molecular flexibility index (Phi) is 5.79. The summed E-state index contributed by atoms with van der Waals surface area (Å²) in [5, 5.41) is 15.8. The van der Waals surface area contributed by atoms with Crippen molar-refractivity contribution in [1.82, 2.24) is 5.01 Å². The minimum atomic E-state index is -0.389. The molecule has 7 nitrogen and oxygen atoms in total. The summed E-state index contributed by atoms with van der Waals surface area (Å²) < 4.78 is 0.